The molecule has 3 nitrogen and oxygen atoms in total. The number of carbonyl (C=O) groups is 1. The quantitative estimate of drug-likeness (QED) is 0.815. The highest BCUT2D eigenvalue weighted by atomic mass is 16.5. The summed E-state index contributed by atoms with van der Waals surface area (Å²) in [5.41, 5.74) is 3.02. The van der Waals surface area contributed by atoms with Crippen molar-refractivity contribution in [1.82, 2.24) is 5.32 Å². The van der Waals surface area contributed by atoms with Crippen molar-refractivity contribution < 1.29 is 9.53 Å². The highest BCUT2D eigenvalue weighted by molar-refractivity contribution is 5.68. The van der Waals surface area contributed by atoms with Gasteiger partial charge < -0.3 is 10.1 Å². The molecule has 2 rings (SSSR count). The second-order valence-electron chi connectivity index (χ2n) is 5.29. The predicted octanol–water partition coefficient (Wildman–Crippen LogP) is 4.10. The molecule has 0 saturated carbocycles. The van der Waals surface area contributed by atoms with Gasteiger partial charge in [0.1, 0.15) is 6.61 Å². The minimum absolute atomic E-state index is 0.134. The van der Waals surface area contributed by atoms with Gasteiger partial charge in [-0.1, -0.05) is 72.8 Å². The number of rotatable bonds is 6. The van der Waals surface area contributed by atoms with E-state index in [4.69, 9.17) is 4.74 Å². The van der Waals surface area contributed by atoms with Crippen molar-refractivity contribution in [3.8, 4) is 0 Å². The zero-order chi connectivity index (χ0) is 15.8. The average molecular weight is 295 g/mol. The minimum atomic E-state index is -0.423. The van der Waals surface area contributed by atoms with Gasteiger partial charge in [0, 0.05) is 0 Å². The van der Waals surface area contributed by atoms with E-state index in [9.17, 15) is 4.79 Å². The highest BCUT2D eigenvalue weighted by Crippen LogP contribution is 2.09. The first kappa shape index (κ1) is 15.8. The molecule has 0 saturated heterocycles. The molecule has 0 radical (unpaired) electrons. The first-order chi connectivity index (χ1) is 10.6. The number of hydrogen-bond acceptors (Lipinski definition) is 2. The average Bonchev–Trinajstić information content (AvgIpc) is 2.54. The number of benzene rings is 2. The molecule has 0 aliphatic carbocycles. The van der Waals surface area contributed by atoms with Crippen LogP contribution in [0.5, 0.6) is 0 Å². The van der Waals surface area contributed by atoms with E-state index >= 15 is 0 Å². The molecule has 1 N–H and O–H groups in total. The van der Waals surface area contributed by atoms with Gasteiger partial charge >= 0.3 is 6.09 Å². The molecule has 0 aliphatic heterocycles. The van der Waals surface area contributed by atoms with Crippen LogP contribution in [0.4, 0.5) is 4.79 Å². The number of carbonyl (C=O) groups excluding carboxylic acids is 1. The summed E-state index contributed by atoms with van der Waals surface area (Å²) in [6.07, 6.45) is 0.282. The third-order valence-electron chi connectivity index (χ3n) is 3.38. The molecule has 3 heteroatoms. The van der Waals surface area contributed by atoms with Crippen LogP contribution in [0.2, 0.25) is 0 Å². The Balaban J connectivity index is 1.88. The fraction of sp³-hybridized carbons (Fsp3) is 0.211. The van der Waals surface area contributed by atoms with Crippen LogP contribution < -0.4 is 5.32 Å². The van der Waals surface area contributed by atoms with Crippen LogP contribution in [0.3, 0.4) is 0 Å². The zero-order valence-corrected chi connectivity index (χ0v) is 12.8. The third kappa shape index (κ3) is 5.09. The second-order valence-corrected chi connectivity index (χ2v) is 5.29. The fourth-order valence-electron chi connectivity index (χ4n) is 2.11. The van der Waals surface area contributed by atoms with Crippen LogP contribution in [0.15, 0.2) is 72.8 Å². The molecule has 0 fully saturated rings. The van der Waals surface area contributed by atoms with Gasteiger partial charge in [0.05, 0.1) is 6.04 Å². The number of alkyl carbamates (subject to hydrolysis) is 1. The summed E-state index contributed by atoms with van der Waals surface area (Å²) in [7, 11) is 0. The summed E-state index contributed by atoms with van der Waals surface area (Å²) >= 11 is 0. The van der Waals surface area contributed by atoms with Crippen LogP contribution in [-0.2, 0) is 17.8 Å². The van der Waals surface area contributed by atoms with E-state index in [2.05, 4.69) is 11.9 Å². The van der Waals surface area contributed by atoms with Crippen molar-refractivity contribution in [2.45, 2.75) is 26.0 Å². The van der Waals surface area contributed by atoms with Crippen LogP contribution in [0.25, 0.3) is 0 Å². The first-order valence-electron chi connectivity index (χ1n) is 7.31. The van der Waals surface area contributed by atoms with Crippen LogP contribution in [-0.4, -0.2) is 12.1 Å². The van der Waals surface area contributed by atoms with Gasteiger partial charge in [-0.3, -0.25) is 0 Å². The molecular formula is C19H21NO2. The fourth-order valence-corrected chi connectivity index (χ4v) is 2.11. The molecule has 0 heterocycles. The minimum Gasteiger partial charge on any atom is -0.445 e. The maximum absolute atomic E-state index is 11.9. The normalized spacial score (nSPS) is 11.5. The maximum Gasteiger partial charge on any atom is 0.407 e. The first-order valence-corrected chi connectivity index (χ1v) is 7.31. The Morgan fingerprint density at radius 2 is 1.59 bits per heavy atom. The SMILES string of the molecule is C=C(C)C(Cc1ccccc1)NC(=O)OCc1ccccc1. The van der Waals surface area contributed by atoms with Crippen molar-refractivity contribution in [2.75, 3.05) is 0 Å². The van der Waals surface area contributed by atoms with E-state index in [1.54, 1.807) is 0 Å². The Labute approximate surface area is 131 Å². The molecule has 1 unspecified atom stereocenters. The maximum atomic E-state index is 11.9. The van der Waals surface area contributed by atoms with Crippen LogP contribution in [0, 0.1) is 0 Å². The lowest BCUT2D eigenvalue weighted by atomic mass is 10.0. The van der Waals surface area contributed by atoms with Crippen LogP contribution >= 0.6 is 0 Å². The van der Waals surface area contributed by atoms with Crippen molar-refractivity contribution >= 4 is 6.09 Å². The summed E-state index contributed by atoms with van der Waals surface area (Å²) < 4.78 is 5.26. The topological polar surface area (TPSA) is 38.3 Å². The number of hydrogen-bond donors (Lipinski definition) is 1. The van der Waals surface area contributed by atoms with Crippen molar-refractivity contribution in [2.24, 2.45) is 0 Å². The molecule has 2 aromatic rings. The monoisotopic (exact) mass is 295 g/mol. The van der Waals surface area contributed by atoms with Gasteiger partial charge in [0.25, 0.3) is 0 Å². The Hall–Kier alpha value is -2.55. The van der Waals surface area contributed by atoms with Gasteiger partial charge in [0.2, 0.25) is 0 Å². The molecule has 1 amide bonds. The van der Waals surface area contributed by atoms with Crippen molar-refractivity contribution in [3.63, 3.8) is 0 Å². The second kappa shape index (κ2) is 8.03. The van der Waals surface area contributed by atoms with E-state index < -0.39 is 6.09 Å². The molecular weight excluding hydrogens is 274 g/mol. The summed E-state index contributed by atoms with van der Waals surface area (Å²) in [5, 5.41) is 2.87. The molecule has 1 atom stereocenters. The molecule has 2 aromatic carbocycles. The molecule has 0 bridgehead atoms. The van der Waals surface area contributed by atoms with Gasteiger partial charge in [0.15, 0.2) is 0 Å². The van der Waals surface area contributed by atoms with E-state index in [0.29, 0.717) is 6.42 Å². The van der Waals surface area contributed by atoms with E-state index in [-0.39, 0.29) is 12.6 Å². The largest absolute Gasteiger partial charge is 0.445 e. The molecule has 114 valence electrons. The van der Waals surface area contributed by atoms with Gasteiger partial charge in [-0.2, -0.15) is 0 Å². The van der Waals surface area contributed by atoms with E-state index in [0.717, 1.165) is 16.7 Å². The molecule has 0 aromatic heterocycles. The smallest absolute Gasteiger partial charge is 0.407 e. The van der Waals surface area contributed by atoms with Gasteiger partial charge in [-0.15, -0.1) is 0 Å². The number of amides is 1. The van der Waals surface area contributed by atoms with Gasteiger partial charge in [-0.25, -0.2) is 4.79 Å². The Morgan fingerprint density at radius 1 is 1.05 bits per heavy atom. The third-order valence-corrected chi connectivity index (χ3v) is 3.38. The summed E-state index contributed by atoms with van der Waals surface area (Å²) in [6.45, 7) is 6.13. The Morgan fingerprint density at radius 3 is 2.14 bits per heavy atom. The van der Waals surface area contributed by atoms with E-state index in [1.165, 1.54) is 0 Å². The Kier molecular flexibility index (Phi) is 5.78. The predicted molar refractivity (Wildman–Crippen MR) is 88.5 cm³/mol. The standard InChI is InChI=1S/C19H21NO2/c1-15(2)18(13-16-9-5-3-6-10-16)20-19(21)22-14-17-11-7-4-8-12-17/h3-12,18H,1,13-14H2,2H3,(H,20,21). The highest BCUT2D eigenvalue weighted by Gasteiger charge is 2.14. The number of ether oxygens (including phenoxy) is 1. The summed E-state index contributed by atoms with van der Waals surface area (Å²) in [4.78, 5) is 11.9. The summed E-state index contributed by atoms with van der Waals surface area (Å²) in [6, 6.07) is 19.5. The van der Waals surface area contributed by atoms with E-state index in [1.807, 2.05) is 67.6 Å². The Bertz CT molecular complexity index is 608. The van der Waals surface area contributed by atoms with Crippen LogP contribution in [0.1, 0.15) is 18.1 Å². The van der Waals surface area contributed by atoms with Gasteiger partial charge in [-0.05, 0) is 24.5 Å². The lowest BCUT2D eigenvalue weighted by Crippen LogP contribution is -2.37. The molecule has 0 spiro atoms. The lowest BCUT2D eigenvalue weighted by molar-refractivity contribution is 0.137. The number of nitrogens with one attached hydrogen (secondary N) is 1. The lowest BCUT2D eigenvalue weighted by Gasteiger charge is -2.19. The zero-order valence-electron chi connectivity index (χ0n) is 12.8. The molecule has 22 heavy (non-hydrogen) atoms. The summed E-state index contributed by atoms with van der Waals surface area (Å²) in [5.74, 6) is 0. The van der Waals surface area contributed by atoms with Crippen molar-refractivity contribution in [1.29, 1.82) is 0 Å². The molecule has 0 aliphatic rings. The van der Waals surface area contributed by atoms with Crippen molar-refractivity contribution in [3.05, 3.63) is 83.9 Å².